The van der Waals surface area contributed by atoms with Gasteiger partial charge in [0.2, 0.25) is 0 Å². The molecule has 3 heteroatoms. The molecular formula is C20H28N2O. The van der Waals surface area contributed by atoms with Gasteiger partial charge >= 0.3 is 0 Å². The number of hydrogen-bond acceptors (Lipinski definition) is 3. The fourth-order valence-corrected chi connectivity index (χ4v) is 2.35. The highest BCUT2D eigenvalue weighted by atomic mass is 16.5. The number of benzene rings is 2. The van der Waals surface area contributed by atoms with Gasteiger partial charge in [0.1, 0.15) is 12.4 Å². The Kier molecular flexibility index (Phi) is 7.11. The second kappa shape index (κ2) is 9.33. The van der Waals surface area contributed by atoms with Crippen LogP contribution in [0.2, 0.25) is 0 Å². The van der Waals surface area contributed by atoms with Crippen LogP contribution >= 0.6 is 0 Å². The summed E-state index contributed by atoms with van der Waals surface area (Å²) in [6, 6.07) is 19.3. The van der Waals surface area contributed by atoms with E-state index in [2.05, 4.69) is 43.4 Å². The lowest BCUT2D eigenvalue weighted by Crippen LogP contribution is -2.27. The van der Waals surface area contributed by atoms with Crippen LogP contribution in [0.1, 0.15) is 37.8 Å². The summed E-state index contributed by atoms with van der Waals surface area (Å²) in [6.07, 6.45) is 2.16. The van der Waals surface area contributed by atoms with Gasteiger partial charge in [0.25, 0.3) is 0 Å². The Bertz CT molecular complexity index is 552. The lowest BCUT2D eigenvalue weighted by atomic mass is 10.1. The van der Waals surface area contributed by atoms with E-state index in [-0.39, 0.29) is 6.04 Å². The van der Waals surface area contributed by atoms with E-state index < -0.39 is 0 Å². The number of ether oxygens (including phenoxy) is 1. The molecule has 2 aromatic carbocycles. The Balaban J connectivity index is 1.73. The maximum absolute atomic E-state index is 5.80. The molecule has 0 saturated carbocycles. The minimum Gasteiger partial charge on any atom is -0.489 e. The zero-order chi connectivity index (χ0) is 16.5. The molecule has 0 spiro atoms. The Morgan fingerprint density at radius 3 is 2.26 bits per heavy atom. The van der Waals surface area contributed by atoms with Crippen molar-refractivity contribution in [2.45, 2.75) is 51.9 Å². The fourth-order valence-electron chi connectivity index (χ4n) is 2.35. The van der Waals surface area contributed by atoms with Crippen molar-refractivity contribution in [1.29, 1.82) is 0 Å². The molecule has 0 aliphatic carbocycles. The molecule has 2 rings (SSSR count). The van der Waals surface area contributed by atoms with Crippen molar-refractivity contribution in [2.75, 3.05) is 0 Å². The van der Waals surface area contributed by atoms with Gasteiger partial charge < -0.3 is 15.8 Å². The standard InChI is InChI=1S/C20H28N2O/c1-16(21)8-9-17(2)22-14-18-10-12-20(13-11-18)23-15-19-6-4-3-5-7-19/h3-7,10-13,16-17,22H,8-9,14-15,21H2,1-2H3. The summed E-state index contributed by atoms with van der Waals surface area (Å²) in [5.41, 5.74) is 8.24. The molecule has 2 unspecified atom stereocenters. The quantitative estimate of drug-likeness (QED) is 0.739. The molecule has 3 nitrogen and oxygen atoms in total. The minimum atomic E-state index is 0.278. The lowest BCUT2D eigenvalue weighted by Gasteiger charge is -2.15. The Labute approximate surface area is 139 Å². The normalized spacial score (nSPS) is 13.5. The van der Waals surface area contributed by atoms with Crippen LogP contribution in [0.25, 0.3) is 0 Å². The van der Waals surface area contributed by atoms with Crippen molar-refractivity contribution < 1.29 is 4.74 Å². The molecule has 0 fully saturated rings. The van der Waals surface area contributed by atoms with Crippen LogP contribution < -0.4 is 15.8 Å². The van der Waals surface area contributed by atoms with E-state index in [4.69, 9.17) is 10.5 Å². The van der Waals surface area contributed by atoms with Crippen LogP contribution in [0.4, 0.5) is 0 Å². The molecule has 23 heavy (non-hydrogen) atoms. The van der Waals surface area contributed by atoms with Crippen molar-refractivity contribution in [1.82, 2.24) is 5.32 Å². The molecule has 0 saturated heterocycles. The molecule has 0 heterocycles. The molecule has 2 aromatic rings. The Morgan fingerprint density at radius 1 is 0.913 bits per heavy atom. The van der Waals surface area contributed by atoms with Crippen molar-refractivity contribution in [2.24, 2.45) is 5.73 Å². The maximum Gasteiger partial charge on any atom is 0.119 e. The van der Waals surface area contributed by atoms with Crippen molar-refractivity contribution in [3.63, 3.8) is 0 Å². The second-order valence-corrected chi connectivity index (χ2v) is 6.25. The highest BCUT2D eigenvalue weighted by Gasteiger charge is 2.04. The minimum absolute atomic E-state index is 0.278. The monoisotopic (exact) mass is 312 g/mol. The number of nitrogens with two attached hydrogens (primary N) is 1. The number of nitrogens with one attached hydrogen (secondary N) is 1. The second-order valence-electron chi connectivity index (χ2n) is 6.25. The molecule has 124 valence electrons. The average molecular weight is 312 g/mol. The SMILES string of the molecule is CC(N)CCC(C)NCc1ccc(OCc2ccccc2)cc1. The van der Waals surface area contributed by atoms with Crippen LogP contribution in [0, 0.1) is 0 Å². The van der Waals surface area contributed by atoms with Crippen LogP contribution in [0.5, 0.6) is 5.75 Å². The van der Waals surface area contributed by atoms with Gasteiger partial charge in [0, 0.05) is 18.6 Å². The van der Waals surface area contributed by atoms with E-state index in [1.807, 2.05) is 30.3 Å². The molecular weight excluding hydrogens is 284 g/mol. The van der Waals surface area contributed by atoms with E-state index in [0.29, 0.717) is 12.6 Å². The zero-order valence-corrected chi connectivity index (χ0v) is 14.2. The summed E-state index contributed by atoms with van der Waals surface area (Å²) in [5.74, 6) is 0.905. The highest BCUT2D eigenvalue weighted by Crippen LogP contribution is 2.14. The third kappa shape index (κ3) is 6.85. The van der Waals surface area contributed by atoms with E-state index in [0.717, 1.165) is 25.1 Å². The van der Waals surface area contributed by atoms with Gasteiger partial charge in [-0.05, 0) is 49.9 Å². The Morgan fingerprint density at radius 2 is 1.61 bits per heavy atom. The van der Waals surface area contributed by atoms with Crippen molar-refractivity contribution in [3.05, 3.63) is 65.7 Å². The van der Waals surface area contributed by atoms with Gasteiger partial charge in [-0.15, -0.1) is 0 Å². The van der Waals surface area contributed by atoms with Crippen molar-refractivity contribution >= 4 is 0 Å². The predicted octanol–water partition coefficient (Wildman–Crippen LogP) is 3.87. The van der Waals surface area contributed by atoms with Crippen LogP contribution in [-0.2, 0) is 13.2 Å². The van der Waals surface area contributed by atoms with E-state index in [9.17, 15) is 0 Å². The van der Waals surface area contributed by atoms with Crippen LogP contribution in [-0.4, -0.2) is 12.1 Å². The van der Waals surface area contributed by atoms with Crippen LogP contribution in [0.15, 0.2) is 54.6 Å². The summed E-state index contributed by atoms with van der Waals surface area (Å²) < 4.78 is 5.80. The molecule has 2 atom stereocenters. The largest absolute Gasteiger partial charge is 0.489 e. The molecule has 0 bridgehead atoms. The molecule has 0 radical (unpaired) electrons. The average Bonchev–Trinajstić information content (AvgIpc) is 2.58. The zero-order valence-electron chi connectivity index (χ0n) is 14.2. The van der Waals surface area contributed by atoms with E-state index in [1.165, 1.54) is 11.1 Å². The topological polar surface area (TPSA) is 47.3 Å². The van der Waals surface area contributed by atoms with Gasteiger partial charge in [-0.3, -0.25) is 0 Å². The first-order chi connectivity index (χ1) is 11.1. The third-order valence-corrected chi connectivity index (χ3v) is 3.88. The summed E-state index contributed by atoms with van der Waals surface area (Å²) in [7, 11) is 0. The summed E-state index contributed by atoms with van der Waals surface area (Å²) in [4.78, 5) is 0. The Hall–Kier alpha value is -1.84. The van der Waals surface area contributed by atoms with Gasteiger partial charge in [0.15, 0.2) is 0 Å². The van der Waals surface area contributed by atoms with E-state index in [1.54, 1.807) is 0 Å². The first-order valence-corrected chi connectivity index (χ1v) is 8.38. The smallest absolute Gasteiger partial charge is 0.119 e. The van der Waals surface area contributed by atoms with Gasteiger partial charge in [0.05, 0.1) is 0 Å². The summed E-state index contributed by atoms with van der Waals surface area (Å²) in [6.45, 7) is 5.74. The highest BCUT2D eigenvalue weighted by molar-refractivity contribution is 5.27. The molecule has 0 aromatic heterocycles. The number of hydrogen-bond donors (Lipinski definition) is 2. The maximum atomic E-state index is 5.80. The van der Waals surface area contributed by atoms with E-state index >= 15 is 0 Å². The van der Waals surface area contributed by atoms with Gasteiger partial charge in [-0.2, -0.15) is 0 Å². The first-order valence-electron chi connectivity index (χ1n) is 8.38. The number of rotatable bonds is 9. The van der Waals surface area contributed by atoms with Gasteiger partial charge in [-0.1, -0.05) is 42.5 Å². The van der Waals surface area contributed by atoms with Crippen LogP contribution in [0.3, 0.4) is 0 Å². The molecule has 0 aliphatic heterocycles. The summed E-state index contributed by atoms with van der Waals surface area (Å²) in [5, 5.41) is 3.54. The first kappa shape index (κ1) is 17.5. The molecule has 0 amide bonds. The molecule has 0 aliphatic rings. The predicted molar refractivity (Wildman–Crippen MR) is 96.4 cm³/mol. The summed E-state index contributed by atoms with van der Waals surface area (Å²) >= 11 is 0. The fraction of sp³-hybridized carbons (Fsp3) is 0.400. The third-order valence-electron chi connectivity index (χ3n) is 3.88. The van der Waals surface area contributed by atoms with Gasteiger partial charge in [-0.25, -0.2) is 0 Å². The lowest BCUT2D eigenvalue weighted by molar-refractivity contribution is 0.306. The molecule has 3 N–H and O–H groups in total. The van der Waals surface area contributed by atoms with Crippen molar-refractivity contribution in [3.8, 4) is 5.75 Å².